The summed E-state index contributed by atoms with van der Waals surface area (Å²) in [5.74, 6) is 3.10. The number of hydrogen-bond acceptors (Lipinski definition) is 0. The van der Waals surface area contributed by atoms with Crippen LogP contribution in [0.15, 0.2) is 24.3 Å². The third-order valence-electron chi connectivity index (χ3n) is 3.62. The molecule has 14 heavy (non-hydrogen) atoms. The molecule has 76 valence electrons. The van der Waals surface area contributed by atoms with Gasteiger partial charge in [-0.25, -0.2) is 0 Å². The van der Waals surface area contributed by atoms with E-state index in [4.69, 9.17) is 0 Å². The maximum Gasteiger partial charge on any atom is -0.0298 e. The Labute approximate surface area is 87.3 Å². The Kier molecular flexibility index (Phi) is 2.62. The Morgan fingerprint density at radius 1 is 1.21 bits per heavy atom. The Bertz CT molecular complexity index is 312. The Morgan fingerprint density at radius 2 is 1.93 bits per heavy atom. The Morgan fingerprint density at radius 3 is 2.64 bits per heavy atom. The smallest absolute Gasteiger partial charge is 0.0298 e. The first-order valence-electron chi connectivity index (χ1n) is 5.58. The van der Waals surface area contributed by atoms with Gasteiger partial charge >= 0.3 is 0 Å². The van der Waals surface area contributed by atoms with Crippen molar-refractivity contribution in [3.8, 4) is 0 Å². The van der Waals surface area contributed by atoms with Crippen molar-refractivity contribution in [2.75, 3.05) is 0 Å². The zero-order valence-corrected chi connectivity index (χ0v) is 9.38. The molecular weight excluding hydrogens is 168 g/mol. The van der Waals surface area contributed by atoms with Crippen molar-refractivity contribution in [3.63, 3.8) is 0 Å². The zero-order chi connectivity index (χ0) is 10.1. The van der Waals surface area contributed by atoms with Crippen LogP contribution in [0.25, 0.3) is 0 Å². The molecule has 0 aromatic heterocycles. The van der Waals surface area contributed by atoms with Crippen molar-refractivity contribution in [3.05, 3.63) is 41.3 Å². The van der Waals surface area contributed by atoms with E-state index in [0.717, 1.165) is 5.92 Å². The van der Waals surface area contributed by atoms with E-state index in [9.17, 15) is 0 Å². The second-order valence-corrected chi connectivity index (χ2v) is 4.71. The first kappa shape index (κ1) is 9.76. The van der Waals surface area contributed by atoms with Gasteiger partial charge in [0, 0.05) is 0 Å². The highest BCUT2D eigenvalue weighted by Gasteiger charge is 2.21. The minimum absolute atomic E-state index is 0.713. The van der Waals surface area contributed by atoms with Gasteiger partial charge in [0.1, 0.15) is 0 Å². The van der Waals surface area contributed by atoms with E-state index < -0.39 is 0 Å². The summed E-state index contributed by atoms with van der Waals surface area (Å²) in [7, 11) is 0. The molecule has 1 aliphatic rings. The van der Waals surface area contributed by atoms with Gasteiger partial charge in [0.05, 0.1) is 0 Å². The predicted octanol–water partition coefficient (Wildman–Crippen LogP) is 3.97. The van der Waals surface area contributed by atoms with Gasteiger partial charge in [0.2, 0.25) is 0 Å². The summed E-state index contributed by atoms with van der Waals surface area (Å²) in [6, 6.07) is 8.92. The van der Waals surface area contributed by atoms with E-state index in [1.54, 1.807) is 17.0 Å². The Hall–Kier alpha value is -0.780. The fourth-order valence-electron chi connectivity index (χ4n) is 2.77. The van der Waals surface area contributed by atoms with Crippen LogP contribution in [0.1, 0.15) is 44.2 Å². The third-order valence-corrected chi connectivity index (χ3v) is 3.62. The fourth-order valence-corrected chi connectivity index (χ4v) is 2.77. The lowest BCUT2D eigenvalue weighted by Crippen LogP contribution is -2.21. The molecule has 1 aliphatic carbocycles. The second-order valence-electron chi connectivity index (χ2n) is 4.71. The van der Waals surface area contributed by atoms with Gasteiger partial charge in [-0.3, -0.25) is 0 Å². The lowest BCUT2D eigenvalue weighted by Gasteiger charge is -2.42. The van der Waals surface area contributed by atoms with Crippen molar-refractivity contribution in [2.45, 2.75) is 39.5 Å². The predicted molar refractivity (Wildman–Crippen MR) is 61.3 cm³/mol. The van der Waals surface area contributed by atoms with E-state index in [1.807, 2.05) is 0 Å². The van der Waals surface area contributed by atoms with Crippen LogP contribution in [0.2, 0.25) is 0 Å². The maximum absolute atomic E-state index is 2.37. The molecule has 1 aromatic rings. The molecule has 0 spiro atoms. The molecule has 0 fully saturated rings. The average Bonchev–Trinajstić information content (AvgIpc) is 2.18. The fraction of sp³-hybridized carbons (Fsp3) is 0.500. The van der Waals surface area contributed by atoms with Gasteiger partial charge in [0.25, 0.3) is 0 Å². The molecule has 2 rings (SSSR count). The van der Waals surface area contributed by atoms with Gasteiger partial charge in [-0.15, -0.1) is 0 Å². The molecule has 0 N–H and O–H groups in total. The van der Waals surface area contributed by atoms with E-state index in [2.05, 4.69) is 45.0 Å². The van der Waals surface area contributed by atoms with Gasteiger partial charge in [-0.05, 0) is 23.5 Å². The maximum atomic E-state index is 2.37. The van der Waals surface area contributed by atoms with Crippen LogP contribution < -0.4 is 0 Å². The first-order chi connectivity index (χ1) is 6.70. The van der Waals surface area contributed by atoms with Crippen LogP contribution in [0.3, 0.4) is 0 Å². The molecule has 0 saturated heterocycles. The van der Waals surface area contributed by atoms with Gasteiger partial charge in [0.15, 0.2) is 0 Å². The molecule has 0 radical (unpaired) electrons. The molecule has 0 amide bonds. The van der Waals surface area contributed by atoms with E-state index >= 15 is 0 Å². The first-order valence-corrected chi connectivity index (χ1v) is 5.58. The quantitative estimate of drug-likeness (QED) is 0.584. The lowest BCUT2D eigenvalue weighted by atomic mass is 9.71. The molecule has 0 saturated carbocycles. The number of rotatable bonds is 1. The van der Waals surface area contributed by atoms with Gasteiger partial charge in [-0.2, -0.15) is 19.8 Å². The number of fused-ring (bicyclic) bond motifs is 1. The van der Waals surface area contributed by atoms with Crippen molar-refractivity contribution in [1.82, 2.24) is 0 Å². The van der Waals surface area contributed by atoms with Crippen LogP contribution in [0.4, 0.5) is 0 Å². The molecular formula is C14H19-. The van der Waals surface area contributed by atoms with Crippen LogP contribution in [-0.2, 0) is 6.42 Å². The van der Waals surface area contributed by atoms with Crippen LogP contribution >= 0.6 is 0 Å². The summed E-state index contributed by atoms with van der Waals surface area (Å²) >= 11 is 0. The molecule has 0 aliphatic heterocycles. The van der Waals surface area contributed by atoms with Crippen LogP contribution in [0.5, 0.6) is 0 Å². The standard InChI is InChI=1S/C14H19/c1-10(2)13-9-8-12-6-4-5-7-14(12)11(13)3/h4-7,11,13H,8-9H2,1-3H3/q-1. The summed E-state index contributed by atoms with van der Waals surface area (Å²) < 4.78 is 0. The zero-order valence-electron chi connectivity index (χ0n) is 9.38. The summed E-state index contributed by atoms with van der Waals surface area (Å²) in [4.78, 5) is 0. The average molecular weight is 187 g/mol. The van der Waals surface area contributed by atoms with E-state index in [0.29, 0.717) is 5.92 Å². The van der Waals surface area contributed by atoms with Crippen molar-refractivity contribution >= 4 is 0 Å². The van der Waals surface area contributed by atoms with E-state index in [-0.39, 0.29) is 0 Å². The van der Waals surface area contributed by atoms with E-state index in [1.165, 1.54) is 12.8 Å². The van der Waals surface area contributed by atoms with Crippen LogP contribution in [-0.4, -0.2) is 0 Å². The minimum Gasteiger partial charge on any atom is -0.316 e. The molecule has 0 nitrogen and oxygen atoms in total. The molecule has 0 heteroatoms. The Balaban J connectivity index is 2.31. The van der Waals surface area contributed by atoms with Crippen molar-refractivity contribution in [1.29, 1.82) is 0 Å². The highest BCUT2D eigenvalue weighted by Crippen LogP contribution is 2.40. The monoisotopic (exact) mass is 187 g/mol. The highest BCUT2D eigenvalue weighted by atomic mass is 14.3. The third kappa shape index (κ3) is 1.58. The SMILES string of the molecule is C[C-](C)C1CCc2ccccc2C1C. The number of aryl methyl sites for hydroxylation is 1. The number of hydrogen-bond donors (Lipinski definition) is 0. The largest absolute Gasteiger partial charge is 0.316 e. The normalized spacial score (nSPS) is 26.3. The molecule has 2 atom stereocenters. The summed E-state index contributed by atoms with van der Waals surface area (Å²) in [6.07, 6.45) is 2.59. The van der Waals surface area contributed by atoms with Crippen LogP contribution in [0, 0.1) is 11.8 Å². The summed E-state index contributed by atoms with van der Waals surface area (Å²) in [5.41, 5.74) is 3.14. The topological polar surface area (TPSA) is 0 Å². The second kappa shape index (κ2) is 3.76. The van der Waals surface area contributed by atoms with Crippen molar-refractivity contribution < 1.29 is 0 Å². The minimum atomic E-state index is 0.713. The lowest BCUT2D eigenvalue weighted by molar-refractivity contribution is 0.408. The van der Waals surface area contributed by atoms with Gasteiger partial charge in [-0.1, -0.05) is 37.6 Å². The van der Waals surface area contributed by atoms with Crippen molar-refractivity contribution in [2.24, 2.45) is 5.92 Å². The molecule has 0 heterocycles. The summed E-state index contributed by atoms with van der Waals surface area (Å²) in [6.45, 7) is 6.92. The highest BCUT2D eigenvalue weighted by molar-refractivity contribution is 5.34. The summed E-state index contributed by atoms with van der Waals surface area (Å²) in [5, 5.41) is 0. The van der Waals surface area contributed by atoms with Gasteiger partial charge < -0.3 is 5.92 Å². The number of benzene rings is 1. The molecule has 2 unspecified atom stereocenters. The molecule has 0 bridgehead atoms. The molecule has 1 aromatic carbocycles.